The van der Waals surface area contributed by atoms with Crippen LogP contribution in [0.25, 0.3) is 32.9 Å². The third-order valence-electron chi connectivity index (χ3n) is 6.63. The largest absolute Gasteiger partial charge is 0.861 e. The summed E-state index contributed by atoms with van der Waals surface area (Å²) in [5, 5.41) is 2.80. The van der Waals surface area contributed by atoms with Gasteiger partial charge in [-0.1, -0.05) is 96.6 Å². The predicted molar refractivity (Wildman–Crippen MR) is 156 cm³/mol. The molecule has 4 nitrogen and oxygen atoms in total. The molecular formula is C33H27AlN2O2. The van der Waals surface area contributed by atoms with Crippen LogP contribution < -0.4 is 7.58 Å². The van der Waals surface area contributed by atoms with Crippen LogP contribution in [0.3, 0.4) is 0 Å². The van der Waals surface area contributed by atoms with Crippen molar-refractivity contribution in [2.45, 2.75) is 19.1 Å². The highest BCUT2D eigenvalue weighted by Gasteiger charge is 2.34. The number of hydrogen-bond acceptors (Lipinski definition) is 4. The van der Waals surface area contributed by atoms with Crippen molar-refractivity contribution < 1.29 is 7.58 Å². The van der Waals surface area contributed by atoms with Gasteiger partial charge in [-0.2, -0.15) is 0 Å². The van der Waals surface area contributed by atoms with Gasteiger partial charge in [0.25, 0.3) is 0 Å². The topological polar surface area (TPSA) is 44.2 Å². The molecule has 0 fully saturated rings. The van der Waals surface area contributed by atoms with Gasteiger partial charge < -0.3 is 7.58 Å². The van der Waals surface area contributed by atoms with Crippen molar-refractivity contribution in [1.29, 1.82) is 0 Å². The first kappa shape index (κ1) is 24.2. The molecule has 0 saturated carbocycles. The lowest BCUT2D eigenvalue weighted by molar-refractivity contribution is 0.425. The Labute approximate surface area is 227 Å². The quantitative estimate of drug-likeness (QED) is 0.206. The Balaban J connectivity index is 1.35. The van der Waals surface area contributed by atoms with Gasteiger partial charge in [0.15, 0.2) is 0 Å². The Morgan fingerprint density at radius 2 is 1.05 bits per heavy atom. The zero-order valence-corrected chi connectivity index (χ0v) is 22.6. The molecule has 0 radical (unpaired) electrons. The molecule has 184 valence electrons. The van der Waals surface area contributed by atoms with E-state index in [9.17, 15) is 0 Å². The maximum atomic E-state index is 6.71. The van der Waals surface area contributed by atoms with Crippen LogP contribution in [0.15, 0.2) is 115 Å². The molecule has 0 unspecified atom stereocenters. The number of aromatic nitrogens is 2. The van der Waals surface area contributed by atoms with Crippen molar-refractivity contribution in [3.05, 3.63) is 132 Å². The van der Waals surface area contributed by atoms with Crippen molar-refractivity contribution in [1.82, 2.24) is 9.97 Å². The summed E-state index contributed by atoms with van der Waals surface area (Å²) in [7, 11) is 0. The molecule has 0 aliphatic heterocycles. The molecule has 6 rings (SSSR count). The van der Waals surface area contributed by atoms with Crippen LogP contribution in [0.1, 0.15) is 17.0 Å². The molecule has 0 aliphatic carbocycles. The molecule has 2 aromatic heterocycles. The normalized spacial score (nSPS) is 11.0. The summed E-state index contributed by atoms with van der Waals surface area (Å²) in [6.07, 6.45) is 0. The lowest BCUT2D eigenvalue weighted by atomic mass is 10.0. The van der Waals surface area contributed by atoms with E-state index in [1.165, 1.54) is 16.7 Å². The SMILES string of the molecule is Cc1ccc2cccc([O][Al]([CH2]c3ccc(-c4ccccc4)cc3)[O]c3cccc4ccc(C)nc34)c2n1. The average Bonchev–Trinajstić information content (AvgIpc) is 2.94. The smallest absolute Gasteiger partial charge is 0.610 e. The Hall–Kier alpha value is -4.17. The van der Waals surface area contributed by atoms with Gasteiger partial charge in [-0.3, -0.25) is 0 Å². The fourth-order valence-corrected chi connectivity index (χ4v) is 6.49. The first-order valence-corrected chi connectivity index (χ1v) is 14.6. The minimum Gasteiger partial charge on any atom is -0.610 e. The van der Waals surface area contributed by atoms with Crippen LogP contribution in [0.2, 0.25) is 0 Å². The van der Waals surface area contributed by atoms with Gasteiger partial charge in [0.1, 0.15) is 22.5 Å². The molecule has 0 N–H and O–H groups in total. The Kier molecular flexibility index (Phi) is 6.79. The molecule has 0 atom stereocenters. The third kappa shape index (κ3) is 5.26. The zero-order chi connectivity index (χ0) is 25.9. The standard InChI is InChI=1S/C13H11.2C10H9NO.Al/c1-11-7-9-13(10-8-11)12-5-3-2-4-6-12;2*1-7-5-6-8-3-2-4-9(12)10(8)11-7;/h2-10H,1H2;2*2-6,12H,1H3;/q;;;+2/p-2. The summed E-state index contributed by atoms with van der Waals surface area (Å²) >= 11 is -2.33. The van der Waals surface area contributed by atoms with Crippen LogP contribution in [0.5, 0.6) is 11.5 Å². The minimum atomic E-state index is -2.33. The van der Waals surface area contributed by atoms with Gasteiger partial charge in [-0.15, -0.1) is 0 Å². The molecule has 6 aromatic rings. The van der Waals surface area contributed by atoms with Crippen molar-refractivity contribution in [2.75, 3.05) is 0 Å². The third-order valence-corrected chi connectivity index (χ3v) is 8.46. The minimum absolute atomic E-state index is 0.694. The van der Waals surface area contributed by atoms with E-state index >= 15 is 0 Å². The molecule has 0 amide bonds. The number of pyridine rings is 2. The number of rotatable bonds is 7. The lowest BCUT2D eigenvalue weighted by Gasteiger charge is -2.19. The van der Waals surface area contributed by atoms with E-state index in [1.54, 1.807) is 0 Å². The van der Waals surface area contributed by atoms with Gasteiger partial charge in [-0.05, 0) is 49.2 Å². The first-order chi connectivity index (χ1) is 18.6. The monoisotopic (exact) mass is 510 g/mol. The summed E-state index contributed by atoms with van der Waals surface area (Å²) in [4.78, 5) is 9.56. The van der Waals surface area contributed by atoms with E-state index in [1.807, 2.05) is 56.3 Å². The van der Waals surface area contributed by atoms with Crippen molar-refractivity contribution in [3.8, 4) is 22.6 Å². The second-order valence-electron chi connectivity index (χ2n) is 9.49. The Morgan fingerprint density at radius 3 is 1.61 bits per heavy atom. The molecule has 4 aromatic carbocycles. The summed E-state index contributed by atoms with van der Waals surface area (Å²) in [6.45, 7) is 4.00. The molecule has 0 bridgehead atoms. The molecule has 0 saturated heterocycles. The van der Waals surface area contributed by atoms with Gasteiger partial charge in [0.2, 0.25) is 0 Å². The second kappa shape index (κ2) is 10.7. The molecule has 2 heterocycles. The summed E-state index contributed by atoms with van der Waals surface area (Å²) < 4.78 is 13.4. The molecule has 5 heteroatoms. The van der Waals surface area contributed by atoms with E-state index in [4.69, 9.17) is 17.5 Å². The van der Waals surface area contributed by atoms with Crippen molar-refractivity contribution >= 4 is 36.6 Å². The number of aryl methyl sites for hydroxylation is 2. The highest BCUT2D eigenvalue weighted by Crippen LogP contribution is 2.29. The van der Waals surface area contributed by atoms with E-state index in [-0.39, 0.29) is 0 Å². The van der Waals surface area contributed by atoms with Crippen molar-refractivity contribution in [2.24, 2.45) is 0 Å². The first-order valence-electron chi connectivity index (χ1n) is 12.8. The van der Waals surface area contributed by atoms with Crippen LogP contribution in [0, 0.1) is 13.8 Å². The molecule has 0 aliphatic rings. The van der Waals surface area contributed by atoms with Crippen LogP contribution in [0.4, 0.5) is 0 Å². The van der Waals surface area contributed by atoms with Gasteiger partial charge in [0.05, 0.1) is 0 Å². The lowest BCUT2D eigenvalue weighted by Crippen LogP contribution is -2.33. The predicted octanol–water partition coefficient (Wildman–Crippen LogP) is 7.79. The number of fused-ring (bicyclic) bond motifs is 2. The Bertz CT molecular complexity index is 1630. The van der Waals surface area contributed by atoms with Gasteiger partial charge in [-0.25, -0.2) is 9.97 Å². The van der Waals surface area contributed by atoms with Crippen LogP contribution in [-0.4, -0.2) is 24.8 Å². The summed E-state index contributed by atoms with van der Waals surface area (Å²) in [6, 6.07) is 39.4. The number of hydrogen-bond donors (Lipinski definition) is 0. The van der Waals surface area contributed by atoms with Crippen LogP contribution in [-0.2, 0) is 5.28 Å². The Morgan fingerprint density at radius 1 is 0.526 bits per heavy atom. The fraction of sp³-hybridized carbons (Fsp3) is 0.0909. The second-order valence-corrected chi connectivity index (χ2v) is 11.2. The van der Waals surface area contributed by atoms with E-state index in [0.29, 0.717) is 5.28 Å². The maximum absolute atomic E-state index is 6.71. The fourth-order valence-electron chi connectivity index (χ4n) is 4.67. The highest BCUT2D eigenvalue weighted by atomic mass is 27.2. The van der Waals surface area contributed by atoms with Crippen molar-refractivity contribution in [3.63, 3.8) is 0 Å². The molecule has 0 spiro atoms. The van der Waals surface area contributed by atoms with E-state index in [0.717, 1.165) is 44.7 Å². The number of benzene rings is 4. The summed E-state index contributed by atoms with van der Waals surface area (Å²) in [5.41, 5.74) is 7.21. The molecular weight excluding hydrogens is 483 g/mol. The summed E-state index contributed by atoms with van der Waals surface area (Å²) in [5.74, 6) is 1.52. The van der Waals surface area contributed by atoms with E-state index in [2.05, 4.69) is 72.8 Å². The highest BCUT2D eigenvalue weighted by molar-refractivity contribution is 6.46. The maximum Gasteiger partial charge on any atom is 0.861 e. The number of nitrogens with zero attached hydrogens (tertiary/aromatic N) is 2. The van der Waals surface area contributed by atoms with Gasteiger partial charge >= 0.3 is 14.8 Å². The van der Waals surface area contributed by atoms with Gasteiger partial charge in [0, 0.05) is 27.4 Å². The zero-order valence-electron chi connectivity index (χ0n) is 21.5. The van der Waals surface area contributed by atoms with Crippen LogP contribution >= 0.6 is 0 Å². The molecule has 38 heavy (non-hydrogen) atoms. The average molecular weight is 511 g/mol. The van der Waals surface area contributed by atoms with E-state index < -0.39 is 14.8 Å². The number of para-hydroxylation sites is 2.